The number of ether oxygens (including phenoxy) is 1. The number of alkyl halides is 3. The van der Waals surface area contributed by atoms with E-state index in [9.17, 15) is 18.0 Å². The van der Waals surface area contributed by atoms with Gasteiger partial charge < -0.3 is 19.5 Å². The molecular formula is C28H30F3N7O2. The van der Waals surface area contributed by atoms with Crippen molar-refractivity contribution in [3.63, 3.8) is 0 Å². The summed E-state index contributed by atoms with van der Waals surface area (Å²) in [6, 6.07) is 6.64. The molecule has 0 saturated heterocycles. The lowest BCUT2D eigenvalue weighted by atomic mass is 9.87. The summed E-state index contributed by atoms with van der Waals surface area (Å²) in [4.78, 5) is 24.4. The Morgan fingerprint density at radius 1 is 1.12 bits per heavy atom. The molecule has 1 N–H and O–H groups in total. The molecule has 0 bridgehead atoms. The largest absolute Gasteiger partial charge is 0.497 e. The number of fused-ring (bicyclic) bond motifs is 1. The first-order chi connectivity index (χ1) is 19.1. The van der Waals surface area contributed by atoms with Crippen molar-refractivity contribution >= 4 is 11.9 Å². The van der Waals surface area contributed by atoms with Crippen LogP contribution in [0.5, 0.6) is 5.75 Å². The van der Waals surface area contributed by atoms with Gasteiger partial charge in [-0.15, -0.1) is 0 Å². The zero-order chi connectivity index (χ0) is 28.6. The summed E-state index contributed by atoms with van der Waals surface area (Å²) in [5.74, 6) is 0.955. The van der Waals surface area contributed by atoms with Crippen molar-refractivity contribution in [2.45, 2.75) is 45.6 Å². The van der Waals surface area contributed by atoms with E-state index in [1.54, 1.807) is 68.8 Å². The second kappa shape index (κ2) is 10.7. The third-order valence-corrected chi connectivity index (χ3v) is 7.22. The number of aryl methyl sites for hydroxylation is 1. The highest BCUT2D eigenvalue weighted by Crippen LogP contribution is 2.41. The van der Waals surface area contributed by atoms with E-state index in [0.717, 1.165) is 0 Å². The number of carbonyl (C=O) groups is 1. The second-order valence-corrected chi connectivity index (χ2v) is 9.59. The van der Waals surface area contributed by atoms with E-state index in [2.05, 4.69) is 20.4 Å². The topological polar surface area (TPSA) is 90.1 Å². The lowest BCUT2D eigenvalue weighted by molar-refractivity contribution is -0.141. The average Bonchev–Trinajstić information content (AvgIpc) is 3.60. The van der Waals surface area contributed by atoms with Crippen LogP contribution in [0.25, 0.3) is 11.1 Å². The summed E-state index contributed by atoms with van der Waals surface area (Å²) >= 11 is 0. The maximum absolute atomic E-state index is 14.1. The second-order valence-electron chi connectivity index (χ2n) is 9.59. The molecule has 4 aromatic rings. The number of methoxy groups -OCH3 is 1. The molecule has 1 aliphatic rings. The number of benzene rings is 1. The molecule has 0 radical (unpaired) electrons. The third kappa shape index (κ3) is 5.01. The van der Waals surface area contributed by atoms with Gasteiger partial charge in [0, 0.05) is 62.1 Å². The molecule has 12 heteroatoms. The number of pyridine rings is 1. The van der Waals surface area contributed by atoms with Crippen LogP contribution in [0.1, 0.15) is 52.8 Å². The van der Waals surface area contributed by atoms with Gasteiger partial charge in [0.05, 0.1) is 25.4 Å². The van der Waals surface area contributed by atoms with Crippen LogP contribution in [-0.4, -0.2) is 55.8 Å². The Kier molecular flexibility index (Phi) is 7.26. The molecule has 4 heterocycles. The monoisotopic (exact) mass is 553 g/mol. The van der Waals surface area contributed by atoms with Crippen LogP contribution in [0.3, 0.4) is 0 Å². The Morgan fingerprint density at radius 3 is 2.60 bits per heavy atom. The van der Waals surface area contributed by atoms with Gasteiger partial charge in [0.25, 0.3) is 5.91 Å². The Balaban J connectivity index is 1.64. The minimum absolute atomic E-state index is 0.0318. The fraction of sp³-hybridized carbons (Fsp3) is 0.357. The molecule has 0 fully saturated rings. The van der Waals surface area contributed by atoms with Gasteiger partial charge in [-0.25, -0.2) is 4.98 Å². The first-order valence-corrected chi connectivity index (χ1v) is 12.9. The van der Waals surface area contributed by atoms with Crippen LogP contribution in [0.15, 0.2) is 49.1 Å². The van der Waals surface area contributed by atoms with Crippen LogP contribution in [-0.2, 0) is 25.7 Å². The summed E-state index contributed by atoms with van der Waals surface area (Å²) < 4.78 is 50.8. The van der Waals surface area contributed by atoms with Crippen molar-refractivity contribution in [3.05, 3.63) is 77.1 Å². The maximum atomic E-state index is 14.1. The Bertz CT molecular complexity index is 1540. The summed E-state index contributed by atoms with van der Waals surface area (Å²) in [5, 5.41) is 6.83. The molecule has 1 atom stereocenters. The van der Waals surface area contributed by atoms with Crippen LogP contribution in [0, 0.1) is 0 Å². The third-order valence-electron chi connectivity index (χ3n) is 7.22. The molecule has 0 saturated carbocycles. The number of carbonyl (C=O) groups excluding carboxylic acids is 1. The molecule has 0 unspecified atom stereocenters. The Labute approximate surface area is 229 Å². The number of hydrogen-bond acceptors (Lipinski definition) is 6. The fourth-order valence-electron chi connectivity index (χ4n) is 5.18. The molecule has 9 nitrogen and oxygen atoms in total. The lowest BCUT2D eigenvalue weighted by Crippen LogP contribution is -2.40. The van der Waals surface area contributed by atoms with Crippen LogP contribution >= 0.6 is 0 Å². The minimum atomic E-state index is -4.65. The molecule has 1 amide bonds. The zero-order valence-electron chi connectivity index (χ0n) is 22.7. The smallest absolute Gasteiger partial charge is 0.435 e. The highest BCUT2D eigenvalue weighted by molar-refractivity contribution is 5.99. The Hall–Kier alpha value is -4.35. The van der Waals surface area contributed by atoms with Gasteiger partial charge in [-0.1, -0.05) is 0 Å². The van der Waals surface area contributed by atoms with Gasteiger partial charge in [0.2, 0.25) is 5.95 Å². The van der Waals surface area contributed by atoms with E-state index in [1.165, 1.54) is 10.9 Å². The lowest BCUT2D eigenvalue weighted by Gasteiger charge is -2.34. The number of aromatic nitrogens is 5. The molecule has 0 spiro atoms. The first kappa shape index (κ1) is 27.2. The van der Waals surface area contributed by atoms with E-state index < -0.39 is 11.9 Å². The summed E-state index contributed by atoms with van der Waals surface area (Å²) in [6.45, 7) is 4.53. The predicted molar refractivity (Wildman–Crippen MR) is 143 cm³/mol. The molecule has 40 heavy (non-hydrogen) atoms. The van der Waals surface area contributed by atoms with Gasteiger partial charge in [0.1, 0.15) is 5.75 Å². The van der Waals surface area contributed by atoms with Gasteiger partial charge in [-0.3, -0.25) is 14.5 Å². The number of nitrogens with one attached hydrogen (secondary N) is 1. The summed E-state index contributed by atoms with van der Waals surface area (Å²) in [6.07, 6.45) is 2.17. The number of hydrogen-bond donors (Lipinski definition) is 1. The van der Waals surface area contributed by atoms with E-state index >= 15 is 0 Å². The van der Waals surface area contributed by atoms with Crippen LogP contribution < -0.4 is 10.1 Å². The van der Waals surface area contributed by atoms with E-state index in [-0.39, 0.29) is 24.1 Å². The van der Waals surface area contributed by atoms with Gasteiger partial charge in [-0.05, 0) is 55.2 Å². The zero-order valence-corrected chi connectivity index (χ0v) is 22.7. The number of rotatable bonds is 8. The van der Waals surface area contributed by atoms with Crippen molar-refractivity contribution in [2.24, 2.45) is 0 Å². The highest BCUT2D eigenvalue weighted by Gasteiger charge is 2.39. The van der Waals surface area contributed by atoms with Crippen molar-refractivity contribution in [1.29, 1.82) is 0 Å². The van der Waals surface area contributed by atoms with Crippen molar-refractivity contribution < 1.29 is 22.7 Å². The molecular weight excluding hydrogens is 523 g/mol. The predicted octanol–water partition coefficient (Wildman–Crippen LogP) is 5.04. The standard InChI is InChI=1S/C28H30F3N7O2/c1-5-37-16-23(25(35-37)28(29,30)31)21-12-18(15-36-11-9-34-27(36)32-3)13-22-20(21)7-10-38(26(22)39)17(2)24-14-19(40-4)6-8-33-24/h6,8-9,11-14,16-17H,5,7,10,15H2,1-4H3,(H,32,34)/t17-/m0/s1. The van der Waals surface area contributed by atoms with Gasteiger partial charge >= 0.3 is 6.18 Å². The highest BCUT2D eigenvalue weighted by atomic mass is 19.4. The minimum Gasteiger partial charge on any atom is -0.497 e. The van der Waals surface area contributed by atoms with E-state index in [1.807, 2.05) is 11.5 Å². The van der Waals surface area contributed by atoms with Gasteiger partial charge in [-0.2, -0.15) is 18.3 Å². The van der Waals surface area contributed by atoms with Gasteiger partial charge in [0.15, 0.2) is 5.69 Å². The van der Waals surface area contributed by atoms with Crippen molar-refractivity contribution in [1.82, 2.24) is 29.2 Å². The number of anilines is 1. The van der Waals surface area contributed by atoms with E-state index in [4.69, 9.17) is 4.74 Å². The average molecular weight is 554 g/mol. The van der Waals surface area contributed by atoms with E-state index in [0.29, 0.717) is 59.2 Å². The quantitative estimate of drug-likeness (QED) is 0.329. The normalized spacial score (nSPS) is 14.3. The maximum Gasteiger partial charge on any atom is 0.435 e. The summed E-state index contributed by atoms with van der Waals surface area (Å²) in [7, 11) is 3.30. The van der Waals surface area contributed by atoms with Crippen LogP contribution in [0.2, 0.25) is 0 Å². The number of amides is 1. The SMILES string of the molecule is CCn1cc(-c2cc(Cn3ccnc3NC)cc3c2CCN([C@@H](C)c2cc(OC)ccn2)C3=O)c(C(F)(F)F)n1. The fourth-order valence-corrected chi connectivity index (χ4v) is 5.18. The van der Waals surface area contributed by atoms with Crippen molar-refractivity contribution in [2.75, 3.05) is 26.0 Å². The number of imidazole rings is 1. The first-order valence-electron chi connectivity index (χ1n) is 12.9. The molecule has 1 aromatic carbocycles. The molecule has 5 rings (SSSR count). The van der Waals surface area contributed by atoms with Crippen molar-refractivity contribution in [3.8, 4) is 16.9 Å². The number of nitrogens with zero attached hydrogens (tertiary/aromatic N) is 6. The van der Waals surface area contributed by atoms with Crippen LogP contribution in [0.4, 0.5) is 19.1 Å². The molecule has 210 valence electrons. The Morgan fingerprint density at radius 2 is 1.90 bits per heavy atom. The molecule has 0 aliphatic carbocycles. The molecule has 3 aromatic heterocycles. The molecule has 1 aliphatic heterocycles. The number of halogens is 3. The summed E-state index contributed by atoms with van der Waals surface area (Å²) in [5.41, 5.74) is 1.65.